The molecule has 100 valence electrons. The molecule has 1 aromatic heterocycles. The zero-order valence-electron chi connectivity index (χ0n) is 11.1. The minimum absolute atomic E-state index is 0.335. The van der Waals surface area contributed by atoms with E-state index in [9.17, 15) is 4.79 Å². The van der Waals surface area contributed by atoms with E-state index in [-0.39, 0.29) is 0 Å². The maximum absolute atomic E-state index is 12.0. The Hall–Kier alpha value is -0.870. The van der Waals surface area contributed by atoms with Crippen LogP contribution in [-0.2, 0) is 11.2 Å². The van der Waals surface area contributed by atoms with Crippen molar-refractivity contribution < 1.29 is 4.79 Å². The fraction of sp³-hybridized carbons (Fsp3) is 0.643. The third kappa shape index (κ3) is 3.82. The smallest absolute Gasteiger partial charge is 0.222 e. The minimum atomic E-state index is 0.335. The van der Waals surface area contributed by atoms with Crippen molar-refractivity contribution in [1.29, 1.82) is 0 Å². The molecule has 1 amide bonds. The van der Waals surface area contributed by atoms with Gasteiger partial charge < -0.3 is 9.80 Å². The quantitative estimate of drug-likeness (QED) is 0.816. The lowest BCUT2D eigenvalue weighted by Gasteiger charge is -2.34. The molecule has 2 heterocycles. The van der Waals surface area contributed by atoms with E-state index in [1.165, 1.54) is 4.88 Å². The summed E-state index contributed by atoms with van der Waals surface area (Å²) in [6.45, 7) is 7.16. The van der Waals surface area contributed by atoms with Crippen LogP contribution in [0.25, 0.3) is 0 Å². The molecule has 0 aromatic carbocycles. The van der Waals surface area contributed by atoms with Gasteiger partial charge in [-0.15, -0.1) is 11.3 Å². The van der Waals surface area contributed by atoms with Gasteiger partial charge in [-0.05, 0) is 30.8 Å². The van der Waals surface area contributed by atoms with E-state index in [2.05, 4.69) is 29.3 Å². The van der Waals surface area contributed by atoms with Gasteiger partial charge in [-0.25, -0.2) is 0 Å². The molecular formula is C14H22N2OS. The zero-order valence-corrected chi connectivity index (χ0v) is 11.9. The Labute approximate surface area is 113 Å². The number of thiophene rings is 1. The lowest BCUT2D eigenvalue weighted by atomic mass is 10.2. The third-order valence-electron chi connectivity index (χ3n) is 3.57. The molecule has 1 fully saturated rings. The summed E-state index contributed by atoms with van der Waals surface area (Å²) >= 11 is 1.78. The number of carbonyl (C=O) groups excluding carboxylic acids is 1. The molecule has 1 aliphatic heterocycles. The Balaban J connectivity index is 1.66. The van der Waals surface area contributed by atoms with E-state index >= 15 is 0 Å². The lowest BCUT2D eigenvalue weighted by molar-refractivity contribution is -0.133. The first-order valence-electron chi connectivity index (χ1n) is 6.82. The standard InChI is InChI=1S/C14H22N2OS/c1-2-15-8-10-16(11-9-15)14(17)7-3-5-13-6-4-12-18-13/h4,6,12H,2-3,5,7-11H2,1H3. The first kappa shape index (κ1) is 13.6. The van der Waals surface area contributed by atoms with E-state index in [1.807, 2.05) is 4.90 Å². The molecule has 3 nitrogen and oxygen atoms in total. The molecule has 0 N–H and O–H groups in total. The van der Waals surface area contributed by atoms with Gasteiger partial charge in [0.05, 0.1) is 0 Å². The molecule has 0 atom stereocenters. The van der Waals surface area contributed by atoms with Crippen molar-refractivity contribution in [3.8, 4) is 0 Å². The third-order valence-corrected chi connectivity index (χ3v) is 4.50. The maximum atomic E-state index is 12.0. The van der Waals surface area contributed by atoms with Gasteiger partial charge in [0.15, 0.2) is 0 Å². The van der Waals surface area contributed by atoms with Gasteiger partial charge in [-0.3, -0.25) is 4.79 Å². The van der Waals surface area contributed by atoms with Gasteiger partial charge in [0.2, 0.25) is 5.91 Å². The van der Waals surface area contributed by atoms with Crippen LogP contribution in [0, 0.1) is 0 Å². The number of hydrogen-bond donors (Lipinski definition) is 0. The van der Waals surface area contributed by atoms with E-state index in [4.69, 9.17) is 0 Å². The average Bonchev–Trinajstić information content (AvgIpc) is 2.92. The Morgan fingerprint density at radius 3 is 2.72 bits per heavy atom. The van der Waals surface area contributed by atoms with Crippen LogP contribution in [0.5, 0.6) is 0 Å². The lowest BCUT2D eigenvalue weighted by Crippen LogP contribution is -2.48. The fourth-order valence-corrected chi connectivity index (χ4v) is 3.09. The number of hydrogen-bond acceptors (Lipinski definition) is 3. The second kappa shape index (κ2) is 6.90. The molecule has 1 aromatic rings. The van der Waals surface area contributed by atoms with Crippen molar-refractivity contribution in [2.45, 2.75) is 26.2 Å². The molecule has 0 radical (unpaired) electrons. The average molecular weight is 266 g/mol. The van der Waals surface area contributed by atoms with Crippen LogP contribution in [0.1, 0.15) is 24.6 Å². The predicted octanol–water partition coefficient (Wildman–Crippen LogP) is 2.23. The van der Waals surface area contributed by atoms with Gasteiger partial charge >= 0.3 is 0 Å². The molecule has 18 heavy (non-hydrogen) atoms. The second-order valence-electron chi connectivity index (χ2n) is 4.75. The van der Waals surface area contributed by atoms with E-state index in [1.54, 1.807) is 11.3 Å². The van der Waals surface area contributed by atoms with Crippen molar-refractivity contribution in [2.75, 3.05) is 32.7 Å². The molecule has 0 spiro atoms. The molecule has 0 saturated carbocycles. The molecular weight excluding hydrogens is 244 g/mol. The number of piperazine rings is 1. The normalized spacial score (nSPS) is 17.1. The highest BCUT2D eigenvalue weighted by molar-refractivity contribution is 7.09. The predicted molar refractivity (Wildman–Crippen MR) is 76.0 cm³/mol. The fourth-order valence-electron chi connectivity index (χ4n) is 2.34. The minimum Gasteiger partial charge on any atom is -0.340 e. The Bertz CT molecular complexity index is 356. The SMILES string of the molecule is CCN1CCN(C(=O)CCCc2cccs2)CC1. The first-order valence-corrected chi connectivity index (χ1v) is 7.70. The van der Waals surface area contributed by atoms with Crippen LogP contribution in [0.4, 0.5) is 0 Å². The van der Waals surface area contributed by atoms with Crippen LogP contribution in [0.3, 0.4) is 0 Å². The van der Waals surface area contributed by atoms with Crippen molar-refractivity contribution in [1.82, 2.24) is 9.80 Å². The number of nitrogens with zero attached hydrogens (tertiary/aromatic N) is 2. The zero-order chi connectivity index (χ0) is 12.8. The van der Waals surface area contributed by atoms with Crippen LogP contribution in [0.15, 0.2) is 17.5 Å². The second-order valence-corrected chi connectivity index (χ2v) is 5.78. The number of carbonyl (C=O) groups is 1. The topological polar surface area (TPSA) is 23.6 Å². The number of aryl methyl sites for hydroxylation is 1. The largest absolute Gasteiger partial charge is 0.340 e. The Kier molecular flexibility index (Phi) is 5.20. The summed E-state index contributed by atoms with van der Waals surface area (Å²) in [5.41, 5.74) is 0. The van der Waals surface area contributed by atoms with Crippen LogP contribution < -0.4 is 0 Å². The highest BCUT2D eigenvalue weighted by atomic mass is 32.1. The molecule has 1 aliphatic rings. The van der Waals surface area contributed by atoms with Crippen LogP contribution >= 0.6 is 11.3 Å². The van der Waals surface area contributed by atoms with Crippen LogP contribution in [-0.4, -0.2) is 48.4 Å². The van der Waals surface area contributed by atoms with Crippen LogP contribution in [0.2, 0.25) is 0 Å². The van der Waals surface area contributed by atoms with Crippen molar-refractivity contribution in [3.63, 3.8) is 0 Å². The van der Waals surface area contributed by atoms with E-state index in [0.29, 0.717) is 12.3 Å². The molecule has 0 unspecified atom stereocenters. The van der Waals surface area contributed by atoms with E-state index < -0.39 is 0 Å². The first-order chi connectivity index (χ1) is 8.79. The maximum Gasteiger partial charge on any atom is 0.222 e. The summed E-state index contributed by atoms with van der Waals surface area (Å²) in [6, 6.07) is 4.22. The van der Waals surface area contributed by atoms with Gasteiger partial charge in [0, 0.05) is 37.5 Å². The Morgan fingerprint density at radius 1 is 1.33 bits per heavy atom. The Morgan fingerprint density at radius 2 is 2.11 bits per heavy atom. The van der Waals surface area contributed by atoms with Crippen molar-refractivity contribution >= 4 is 17.2 Å². The van der Waals surface area contributed by atoms with Gasteiger partial charge in [-0.1, -0.05) is 13.0 Å². The van der Waals surface area contributed by atoms with Gasteiger partial charge in [0.25, 0.3) is 0 Å². The summed E-state index contributed by atoms with van der Waals surface area (Å²) in [6.07, 6.45) is 2.72. The summed E-state index contributed by atoms with van der Waals surface area (Å²) in [7, 11) is 0. The highest BCUT2D eigenvalue weighted by Crippen LogP contribution is 2.13. The molecule has 0 bridgehead atoms. The van der Waals surface area contributed by atoms with E-state index in [0.717, 1.165) is 45.6 Å². The number of rotatable bonds is 5. The summed E-state index contributed by atoms with van der Waals surface area (Å²) in [5.74, 6) is 0.335. The van der Waals surface area contributed by atoms with Crippen molar-refractivity contribution in [2.24, 2.45) is 0 Å². The van der Waals surface area contributed by atoms with Gasteiger partial charge in [0.1, 0.15) is 0 Å². The van der Waals surface area contributed by atoms with Gasteiger partial charge in [-0.2, -0.15) is 0 Å². The summed E-state index contributed by atoms with van der Waals surface area (Å²) in [5, 5.41) is 2.10. The van der Waals surface area contributed by atoms with Crippen molar-refractivity contribution in [3.05, 3.63) is 22.4 Å². The highest BCUT2D eigenvalue weighted by Gasteiger charge is 2.19. The molecule has 4 heteroatoms. The summed E-state index contributed by atoms with van der Waals surface area (Å²) < 4.78 is 0. The molecule has 0 aliphatic carbocycles. The number of likely N-dealkylation sites (N-methyl/N-ethyl adjacent to an activating group) is 1. The molecule has 1 saturated heterocycles. The summed E-state index contributed by atoms with van der Waals surface area (Å²) in [4.78, 5) is 17.8. The monoisotopic (exact) mass is 266 g/mol. The number of amides is 1. The molecule has 2 rings (SSSR count).